The lowest BCUT2D eigenvalue weighted by atomic mass is 10.1. The minimum atomic E-state index is 0.0753. The first-order chi connectivity index (χ1) is 8.74. The van der Waals surface area contributed by atoms with E-state index in [1.165, 1.54) is 5.69 Å². The summed E-state index contributed by atoms with van der Waals surface area (Å²) < 4.78 is 0. The largest absolute Gasteiger partial charge is 0.369 e. The van der Waals surface area contributed by atoms with Crippen molar-refractivity contribution in [3.05, 3.63) is 24.0 Å². The summed E-state index contributed by atoms with van der Waals surface area (Å²) in [7, 11) is 0. The molecule has 0 aromatic carbocycles. The summed E-state index contributed by atoms with van der Waals surface area (Å²) in [6.07, 6.45) is 2.77. The molecule has 0 N–H and O–H groups in total. The fourth-order valence-electron chi connectivity index (χ4n) is 2.45. The van der Waals surface area contributed by atoms with Gasteiger partial charge in [0.25, 0.3) is 0 Å². The summed E-state index contributed by atoms with van der Waals surface area (Å²) in [5.74, 6) is 0. The van der Waals surface area contributed by atoms with Gasteiger partial charge in [0.15, 0.2) is 0 Å². The quantitative estimate of drug-likeness (QED) is 0.813. The molecular formula is C14H20N4. The Morgan fingerprint density at radius 2 is 2.11 bits per heavy atom. The summed E-state index contributed by atoms with van der Waals surface area (Å²) in [5.41, 5.74) is 2.30. The van der Waals surface area contributed by atoms with Gasteiger partial charge in [-0.1, -0.05) is 6.92 Å². The third-order valence-electron chi connectivity index (χ3n) is 3.54. The molecule has 0 amide bonds. The predicted molar refractivity (Wildman–Crippen MR) is 72.5 cm³/mol. The first-order valence-corrected chi connectivity index (χ1v) is 6.56. The lowest BCUT2D eigenvalue weighted by molar-refractivity contribution is 0.216. The zero-order valence-electron chi connectivity index (χ0n) is 11.1. The smallest absolute Gasteiger partial charge is 0.0976 e. The van der Waals surface area contributed by atoms with Crippen LogP contribution in [0.2, 0.25) is 0 Å². The Morgan fingerprint density at radius 1 is 1.39 bits per heavy atom. The van der Waals surface area contributed by atoms with Gasteiger partial charge < -0.3 is 4.90 Å². The second kappa shape index (κ2) is 5.83. The van der Waals surface area contributed by atoms with E-state index in [0.717, 1.165) is 38.3 Å². The van der Waals surface area contributed by atoms with Crippen LogP contribution in [0, 0.1) is 18.3 Å². The Hall–Kier alpha value is -1.60. The molecule has 0 saturated carbocycles. The average molecular weight is 244 g/mol. The molecule has 2 heterocycles. The van der Waals surface area contributed by atoms with Crippen molar-refractivity contribution in [2.75, 3.05) is 31.1 Å². The third kappa shape index (κ3) is 2.80. The van der Waals surface area contributed by atoms with E-state index in [1.54, 1.807) is 0 Å². The maximum absolute atomic E-state index is 9.08. The molecule has 0 spiro atoms. The molecule has 1 saturated heterocycles. The summed E-state index contributed by atoms with van der Waals surface area (Å²) in [5, 5.41) is 9.08. The van der Waals surface area contributed by atoms with E-state index in [0.29, 0.717) is 0 Å². The minimum Gasteiger partial charge on any atom is -0.369 e. The number of aromatic nitrogens is 1. The van der Waals surface area contributed by atoms with Gasteiger partial charge in [-0.3, -0.25) is 9.88 Å². The standard InChI is InChI=1S/C14H20N4/c1-3-13(11-15)17-6-8-18(9-7-17)14-4-5-16-12(2)10-14/h4-5,10,13H,3,6-9H2,1-2H3. The minimum absolute atomic E-state index is 0.0753. The van der Waals surface area contributed by atoms with Crippen LogP contribution in [0.4, 0.5) is 5.69 Å². The molecule has 0 radical (unpaired) electrons. The summed E-state index contributed by atoms with van der Waals surface area (Å²) in [6, 6.07) is 6.64. The molecular weight excluding hydrogens is 224 g/mol. The van der Waals surface area contributed by atoms with Crippen molar-refractivity contribution in [1.29, 1.82) is 5.26 Å². The van der Waals surface area contributed by atoms with Gasteiger partial charge in [0.05, 0.1) is 12.1 Å². The summed E-state index contributed by atoms with van der Waals surface area (Å²) in [6.45, 7) is 8.00. The zero-order chi connectivity index (χ0) is 13.0. The molecule has 96 valence electrons. The van der Waals surface area contributed by atoms with Crippen LogP contribution in [0.5, 0.6) is 0 Å². The summed E-state index contributed by atoms with van der Waals surface area (Å²) >= 11 is 0. The normalized spacial score (nSPS) is 18.4. The number of nitrogens with zero attached hydrogens (tertiary/aromatic N) is 4. The van der Waals surface area contributed by atoms with E-state index in [2.05, 4.69) is 39.9 Å². The van der Waals surface area contributed by atoms with Crippen molar-refractivity contribution in [2.24, 2.45) is 0 Å². The van der Waals surface area contributed by atoms with Crippen molar-refractivity contribution in [2.45, 2.75) is 26.3 Å². The number of hydrogen-bond donors (Lipinski definition) is 0. The van der Waals surface area contributed by atoms with Gasteiger partial charge in [-0.2, -0.15) is 5.26 Å². The van der Waals surface area contributed by atoms with Crippen LogP contribution in [0.15, 0.2) is 18.3 Å². The average Bonchev–Trinajstić information content (AvgIpc) is 2.41. The fraction of sp³-hybridized carbons (Fsp3) is 0.571. The van der Waals surface area contributed by atoms with Gasteiger partial charge in [0, 0.05) is 43.8 Å². The number of piperazine rings is 1. The number of anilines is 1. The molecule has 1 aliphatic rings. The molecule has 1 atom stereocenters. The van der Waals surface area contributed by atoms with Crippen LogP contribution >= 0.6 is 0 Å². The third-order valence-corrected chi connectivity index (χ3v) is 3.54. The van der Waals surface area contributed by atoms with E-state index in [4.69, 9.17) is 5.26 Å². The second-order valence-electron chi connectivity index (χ2n) is 4.73. The Bertz CT molecular complexity index is 430. The number of pyridine rings is 1. The maximum atomic E-state index is 9.08. The van der Waals surface area contributed by atoms with Crippen molar-refractivity contribution in [3.8, 4) is 6.07 Å². The van der Waals surface area contributed by atoms with Crippen molar-refractivity contribution in [1.82, 2.24) is 9.88 Å². The highest BCUT2D eigenvalue weighted by molar-refractivity contribution is 5.46. The van der Waals surface area contributed by atoms with Crippen LogP contribution in [-0.4, -0.2) is 42.1 Å². The summed E-state index contributed by atoms with van der Waals surface area (Å²) in [4.78, 5) is 8.88. The molecule has 1 aliphatic heterocycles. The monoisotopic (exact) mass is 244 g/mol. The molecule has 0 bridgehead atoms. The fourth-order valence-corrected chi connectivity index (χ4v) is 2.45. The molecule has 0 aliphatic carbocycles. The van der Waals surface area contributed by atoms with Gasteiger partial charge in [0.2, 0.25) is 0 Å². The number of hydrogen-bond acceptors (Lipinski definition) is 4. The van der Waals surface area contributed by atoms with E-state index in [1.807, 2.05) is 13.1 Å². The van der Waals surface area contributed by atoms with Crippen LogP contribution in [0.25, 0.3) is 0 Å². The highest BCUT2D eigenvalue weighted by Gasteiger charge is 2.22. The molecule has 2 rings (SSSR count). The SMILES string of the molecule is CCC(C#N)N1CCN(c2ccnc(C)c2)CC1. The van der Waals surface area contributed by atoms with Crippen LogP contribution in [0.3, 0.4) is 0 Å². The molecule has 4 heteroatoms. The molecule has 1 unspecified atom stereocenters. The zero-order valence-corrected chi connectivity index (χ0v) is 11.1. The first-order valence-electron chi connectivity index (χ1n) is 6.56. The van der Waals surface area contributed by atoms with Crippen LogP contribution in [0.1, 0.15) is 19.0 Å². The number of rotatable bonds is 3. The van der Waals surface area contributed by atoms with Gasteiger partial charge in [-0.15, -0.1) is 0 Å². The Morgan fingerprint density at radius 3 is 2.67 bits per heavy atom. The Balaban J connectivity index is 1.97. The molecule has 18 heavy (non-hydrogen) atoms. The van der Waals surface area contributed by atoms with E-state index in [-0.39, 0.29) is 6.04 Å². The lowest BCUT2D eigenvalue weighted by Crippen LogP contribution is -2.50. The van der Waals surface area contributed by atoms with Crippen molar-refractivity contribution >= 4 is 5.69 Å². The first kappa shape index (κ1) is 12.8. The Labute approximate surface area is 109 Å². The second-order valence-corrected chi connectivity index (χ2v) is 4.73. The van der Waals surface area contributed by atoms with Crippen LogP contribution in [-0.2, 0) is 0 Å². The molecule has 1 aromatic heterocycles. The van der Waals surface area contributed by atoms with Gasteiger partial charge in [0.1, 0.15) is 0 Å². The highest BCUT2D eigenvalue weighted by Crippen LogP contribution is 2.17. The van der Waals surface area contributed by atoms with Gasteiger partial charge in [-0.05, 0) is 25.5 Å². The predicted octanol–water partition coefficient (Wildman–Crippen LogP) is 1.81. The number of aryl methyl sites for hydroxylation is 1. The van der Waals surface area contributed by atoms with Gasteiger partial charge in [-0.25, -0.2) is 0 Å². The van der Waals surface area contributed by atoms with Gasteiger partial charge >= 0.3 is 0 Å². The van der Waals surface area contributed by atoms with Crippen LogP contribution < -0.4 is 4.90 Å². The van der Waals surface area contributed by atoms with Crippen molar-refractivity contribution < 1.29 is 0 Å². The Kier molecular flexibility index (Phi) is 4.16. The molecule has 1 fully saturated rings. The van der Waals surface area contributed by atoms with E-state index in [9.17, 15) is 0 Å². The number of nitriles is 1. The van der Waals surface area contributed by atoms with E-state index < -0.39 is 0 Å². The van der Waals surface area contributed by atoms with E-state index >= 15 is 0 Å². The van der Waals surface area contributed by atoms with Crippen molar-refractivity contribution in [3.63, 3.8) is 0 Å². The molecule has 4 nitrogen and oxygen atoms in total. The lowest BCUT2D eigenvalue weighted by Gasteiger charge is -2.37. The molecule has 1 aromatic rings. The maximum Gasteiger partial charge on any atom is 0.0976 e. The topological polar surface area (TPSA) is 43.2 Å². The highest BCUT2D eigenvalue weighted by atomic mass is 15.3.